The van der Waals surface area contributed by atoms with Crippen LogP contribution in [0.15, 0.2) is 48.5 Å². The molecule has 2 N–H and O–H groups in total. The molecule has 2 amide bonds. The Bertz CT molecular complexity index is 741. The Hall–Kier alpha value is -2.82. The summed E-state index contributed by atoms with van der Waals surface area (Å²) in [5.41, 5.74) is 2.49. The predicted molar refractivity (Wildman–Crippen MR) is 105 cm³/mol. The minimum absolute atomic E-state index is 0.0387. The van der Waals surface area contributed by atoms with Crippen molar-refractivity contribution < 1.29 is 14.3 Å². The highest BCUT2D eigenvalue weighted by Crippen LogP contribution is 2.18. The molecule has 0 fully saturated rings. The Morgan fingerprint density at radius 2 is 1.65 bits per heavy atom. The fourth-order valence-corrected chi connectivity index (χ4v) is 2.43. The van der Waals surface area contributed by atoms with Gasteiger partial charge in [-0.05, 0) is 55.7 Å². The van der Waals surface area contributed by atoms with Crippen LogP contribution in [-0.2, 0) is 16.0 Å². The van der Waals surface area contributed by atoms with E-state index in [9.17, 15) is 9.59 Å². The smallest absolute Gasteiger partial charge is 0.265 e. The molecule has 0 saturated carbocycles. The maximum Gasteiger partial charge on any atom is 0.265 e. The van der Waals surface area contributed by atoms with Gasteiger partial charge in [-0.1, -0.05) is 32.0 Å². The minimum atomic E-state index is -0.638. The molecule has 0 saturated heterocycles. The minimum Gasteiger partial charge on any atom is -0.481 e. The molecule has 0 heterocycles. The molecule has 5 nitrogen and oxygen atoms in total. The van der Waals surface area contributed by atoms with Gasteiger partial charge in [-0.15, -0.1) is 0 Å². The molecule has 138 valence electrons. The summed E-state index contributed by atoms with van der Waals surface area (Å²) in [7, 11) is 0. The molecule has 2 rings (SSSR count). The van der Waals surface area contributed by atoms with Crippen LogP contribution in [0.25, 0.3) is 0 Å². The quantitative estimate of drug-likeness (QED) is 0.738. The molecule has 2 aromatic carbocycles. The second kappa shape index (κ2) is 9.61. The van der Waals surface area contributed by atoms with Gasteiger partial charge < -0.3 is 15.4 Å². The van der Waals surface area contributed by atoms with Crippen LogP contribution in [0.5, 0.6) is 5.75 Å². The third kappa shape index (κ3) is 5.92. The number of amides is 2. The molecule has 0 aliphatic carbocycles. The first-order valence-electron chi connectivity index (χ1n) is 8.98. The first kappa shape index (κ1) is 19.5. The van der Waals surface area contributed by atoms with Crippen molar-refractivity contribution in [3.63, 3.8) is 0 Å². The number of carbonyl (C=O) groups excluding carboxylic acids is 2. The number of anilines is 2. The molecular weight excluding hydrogens is 328 g/mol. The van der Waals surface area contributed by atoms with E-state index in [1.807, 2.05) is 31.2 Å². The first-order valence-corrected chi connectivity index (χ1v) is 8.98. The van der Waals surface area contributed by atoms with Crippen LogP contribution in [0.3, 0.4) is 0 Å². The second-order valence-electron chi connectivity index (χ2n) is 6.13. The van der Waals surface area contributed by atoms with Crippen molar-refractivity contribution in [3.05, 3.63) is 54.1 Å². The van der Waals surface area contributed by atoms with Crippen molar-refractivity contribution in [2.75, 3.05) is 10.6 Å². The van der Waals surface area contributed by atoms with Gasteiger partial charge in [0.1, 0.15) is 5.75 Å². The van der Waals surface area contributed by atoms with E-state index >= 15 is 0 Å². The van der Waals surface area contributed by atoms with E-state index in [1.54, 1.807) is 31.2 Å². The number of hydrogen-bond donors (Lipinski definition) is 2. The summed E-state index contributed by atoms with van der Waals surface area (Å²) in [6, 6.07) is 14.8. The standard InChI is InChI=1S/C21H26N2O3/c1-4-7-20(24)22-17-8-6-9-18(14-17)23-21(25)15(3)26-19-12-10-16(5-2)11-13-19/h6,8-15H,4-5,7H2,1-3H3,(H,22,24)(H,23,25). The molecule has 5 heteroatoms. The molecule has 2 aromatic rings. The Kier molecular flexibility index (Phi) is 7.21. The largest absolute Gasteiger partial charge is 0.481 e. The van der Waals surface area contributed by atoms with E-state index < -0.39 is 6.10 Å². The van der Waals surface area contributed by atoms with E-state index in [-0.39, 0.29) is 11.8 Å². The van der Waals surface area contributed by atoms with Gasteiger partial charge >= 0.3 is 0 Å². The second-order valence-corrected chi connectivity index (χ2v) is 6.13. The topological polar surface area (TPSA) is 67.4 Å². The van der Waals surface area contributed by atoms with E-state index in [1.165, 1.54) is 5.56 Å². The van der Waals surface area contributed by atoms with Crippen LogP contribution in [0, 0.1) is 0 Å². The fourth-order valence-electron chi connectivity index (χ4n) is 2.43. The number of aryl methyl sites for hydroxylation is 1. The van der Waals surface area contributed by atoms with E-state index in [0.717, 1.165) is 12.8 Å². The zero-order chi connectivity index (χ0) is 18.9. The van der Waals surface area contributed by atoms with Crippen molar-refractivity contribution in [1.82, 2.24) is 0 Å². The lowest BCUT2D eigenvalue weighted by molar-refractivity contribution is -0.122. The van der Waals surface area contributed by atoms with Gasteiger partial charge in [0.2, 0.25) is 5.91 Å². The van der Waals surface area contributed by atoms with Crippen LogP contribution in [0.1, 0.15) is 39.2 Å². The molecule has 0 bridgehead atoms. The average molecular weight is 354 g/mol. The maximum absolute atomic E-state index is 12.4. The van der Waals surface area contributed by atoms with Gasteiger partial charge in [0, 0.05) is 17.8 Å². The molecule has 1 atom stereocenters. The molecule has 0 aliphatic rings. The summed E-state index contributed by atoms with van der Waals surface area (Å²) in [4.78, 5) is 24.0. The van der Waals surface area contributed by atoms with Gasteiger partial charge in [-0.2, -0.15) is 0 Å². The first-order chi connectivity index (χ1) is 12.5. The Morgan fingerprint density at radius 1 is 1.00 bits per heavy atom. The fraction of sp³-hybridized carbons (Fsp3) is 0.333. The molecule has 0 spiro atoms. The summed E-state index contributed by atoms with van der Waals surface area (Å²) in [6.07, 6.45) is 1.58. The molecule has 0 aliphatic heterocycles. The zero-order valence-electron chi connectivity index (χ0n) is 15.5. The van der Waals surface area contributed by atoms with Crippen molar-refractivity contribution >= 4 is 23.2 Å². The number of hydrogen-bond acceptors (Lipinski definition) is 3. The molecule has 26 heavy (non-hydrogen) atoms. The summed E-state index contributed by atoms with van der Waals surface area (Å²) in [5, 5.41) is 5.63. The van der Waals surface area contributed by atoms with Crippen molar-refractivity contribution in [2.24, 2.45) is 0 Å². The third-order valence-corrected chi connectivity index (χ3v) is 3.90. The molecular formula is C21H26N2O3. The monoisotopic (exact) mass is 354 g/mol. The highest BCUT2D eigenvalue weighted by atomic mass is 16.5. The summed E-state index contributed by atoms with van der Waals surface area (Å²) in [6.45, 7) is 5.74. The number of carbonyl (C=O) groups is 2. The SMILES string of the molecule is CCCC(=O)Nc1cccc(NC(=O)C(C)Oc2ccc(CC)cc2)c1. The number of ether oxygens (including phenoxy) is 1. The van der Waals surface area contributed by atoms with Crippen LogP contribution in [0.2, 0.25) is 0 Å². The highest BCUT2D eigenvalue weighted by Gasteiger charge is 2.15. The van der Waals surface area contributed by atoms with Crippen LogP contribution < -0.4 is 15.4 Å². The number of nitrogens with one attached hydrogen (secondary N) is 2. The van der Waals surface area contributed by atoms with Crippen LogP contribution in [-0.4, -0.2) is 17.9 Å². The van der Waals surface area contributed by atoms with Crippen molar-refractivity contribution in [1.29, 1.82) is 0 Å². The van der Waals surface area contributed by atoms with Gasteiger partial charge in [-0.3, -0.25) is 9.59 Å². The van der Waals surface area contributed by atoms with Gasteiger partial charge in [0.05, 0.1) is 0 Å². The normalized spacial score (nSPS) is 11.5. The maximum atomic E-state index is 12.4. The van der Waals surface area contributed by atoms with Crippen molar-refractivity contribution in [2.45, 2.75) is 46.1 Å². The Morgan fingerprint density at radius 3 is 2.27 bits per heavy atom. The average Bonchev–Trinajstić information content (AvgIpc) is 2.62. The Labute approximate surface area is 154 Å². The Balaban J connectivity index is 1.94. The van der Waals surface area contributed by atoms with E-state index in [2.05, 4.69) is 17.6 Å². The van der Waals surface area contributed by atoms with Crippen LogP contribution >= 0.6 is 0 Å². The number of benzene rings is 2. The lowest BCUT2D eigenvalue weighted by atomic mass is 10.2. The molecule has 1 unspecified atom stereocenters. The summed E-state index contributed by atoms with van der Waals surface area (Å²) < 4.78 is 5.69. The van der Waals surface area contributed by atoms with Gasteiger partial charge in [0.15, 0.2) is 6.10 Å². The molecule has 0 aromatic heterocycles. The zero-order valence-corrected chi connectivity index (χ0v) is 15.5. The van der Waals surface area contributed by atoms with E-state index in [0.29, 0.717) is 23.5 Å². The lowest BCUT2D eigenvalue weighted by Gasteiger charge is -2.15. The van der Waals surface area contributed by atoms with Gasteiger partial charge in [0.25, 0.3) is 5.91 Å². The van der Waals surface area contributed by atoms with Crippen molar-refractivity contribution in [3.8, 4) is 5.75 Å². The summed E-state index contributed by atoms with van der Waals surface area (Å²) >= 11 is 0. The van der Waals surface area contributed by atoms with E-state index in [4.69, 9.17) is 4.74 Å². The van der Waals surface area contributed by atoms with Gasteiger partial charge in [-0.25, -0.2) is 0 Å². The summed E-state index contributed by atoms with van der Waals surface area (Å²) in [5.74, 6) is 0.371. The van der Waals surface area contributed by atoms with Crippen LogP contribution in [0.4, 0.5) is 11.4 Å². The third-order valence-electron chi connectivity index (χ3n) is 3.90. The highest BCUT2D eigenvalue weighted by molar-refractivity contribution is 5.96. The molecule has 0 radical (unpaired) electrons. The predicted octanol–water partition coefficient (Wildman–Crippen LogP) is 4.39. The number of rotatable bonds is 8. The lowest BCUT2D eigenvalue weighted by Crippen LogP contribution is -2.30.